The van der Waals surface area contributed by atoms with E-state index in [2.05, 4.69) is 31.2 Å². The molecule has 2 atom stereocenters. The van der Waals surface area contributed by atoms with Crippen LogP contribution in [0.3, 0.4) is 0 Å². The molecule has 0 radical (unpaired) electrons. The first-order valence-electron chi connectivity index (χ1n) is 11.4. The topological polar surface area (TPSA) is 71.4 Å². The highest BCUT2D eigenvalue weighted by Crippen LogP contribution is 2.42. The van der Waals surface area contributed by atoms with Crippen LogP contribution in [-0.2, 0) is 9.53 Å². The minimum atomic E-state index is -0.212. The number of aromatic nitrogens is 2. The van der Waals surface area contributed by atoms with Gasteiger partial charge in [0.1, 0.15) is 12.6 Å². The van der Waals surface area contributed by atoms with Gasteiger partial charge in [-0.05, 0) is 78.9 Å². The second kappa shape index (κ2) is 10.5. The lowest BCUT2D eigenvalue weighted by atomic mass is 10.0. The van der Waals surface area contributed by atoms with Crippen LogP contribution in [0.5, 0.6) is 0 Å². The number of benzene rings is 2. The molecule has 0 bridgehead atoms. The maximum Gasteiger partial charge on any atom is 0.250 e. The number of rotatable bonds is 7. The summed E-state index contributed by atoms with van der Waals surface area (Å²) in [6.07, 6.45) is 3.80. The number of nitrogens with zero attached hydrogens (tertiary/aromatic N) is 3. The van der Waals surface area contributed by atoms with Crippen LogP contribution in [0.1, 0.15) is 23.5 Å². The van der Waals surface area contributed by atoms with Gasteiger partial charge in [0.15, 0.2) is 5.11 Å². The van der Waals surface area contributed by atoms with Gasteiger partial charge >= 0.3 is 0 Å². The van der Waals surface area contributed by atoms with E-state index in [-0.39, 0.29) is 24.6 Å². The number of nitrogens with one attached hydrogen (secondary N) is 2. The number of carbonyl (C=O) groups excluding carboxylic acids is 1. The van der Waals surface area contributed by atoms with Crippen molar-refractivity contribution < 1.29 is 9.53 Å². The van der Waals surface area contributed by atoms with Crippen LogP contribution in [0.25, 0.3) is 5.69 Å². The Hall–Kier alpha value is -3.72. The Bertz CT molecular complexity index is 1380. The number of hydrogen-bond donors (Lipinski definition) is 2. The molecule has 2 aromatic carbocycles. The minimum absolute atomic E-state index is 0.00377. The Morgan fingerprint density at radius 3 is 2.64 bits per heavy atom. The summed E-state index contributed by atoms with van der Waals surface area (Å²) in [7, 11) is 1.49. The summed E-state index contributed by atoms with van der Waals surface area (Å²) in [6.45, 7) is -0.00377. The van der Waals surface area contributed by atoms with E-state index in [9.17, 15) is 4.79 Å². The lowest BCUT2D eigenvalue weighted by Crippen LogP contribution is -2.30. The quantitative estimate of drug-likeness (QED) is 0.325. The van der Waals surface area contributed by atoms with E-state index in [0.29, 0.717) is 15.8 Å². The second-order valence-electron chi connectivity index (χ2n) is 8.31. The summed E-state index contributed by atoms with van der Waals surface area (Å²) < 4.78 is 7.02. The number of anilines is 2. The van der Waals surface area contributed by atoms with Crippen LogP contribution in [0.4, 0.5) is 11.4 Å². The lowest BCUT2D eigenvalue weighted by Gasteiger charge is -2.29. The molecule has 5 rings (SSSR count). The summed E-state index contributed by atoms with van der Waals surface area (Å²) in [5.41, 5.74) is 4.43. The Morgan fingerprint density at radius 2 is 1.92 bits per heavy atom. The molecular formula is C27H24ClN5O2S. The van der Waals surface area contributed by atoms with Crippen LogP contribution >= 0.6 is 23.8 Å². The minimum Gasteiger partial charge on any atom is -0.375 e. The summed E-state index contributed by atoms with van der Waals surface area (Å²) in [5.74, 6) is -0.212. The third-order valence-electron chi connectivity index (χ3n) is 5.97. The van der Waals surface area contributed by atoms with Crippen molar-refractivity contribution in [1.29, 1.82) is 0 Å². The molecule has 4 aromatic rings. The van der Waals surface area contributed by atoms with E-state index >= 15 is 0 Å². The molecule has 0 saturated carbocycles. The molecule has 0 unspecified atom stereocenters. The van der Waals surface area contributed by atoms with Gasteiger partial charge in [0.25, 0.3) is 0 Å². The van der Waals surface area contributed by atoms with Crippen LogP contribution in [0.2, 0.25) is 5.02 Å². The van der Waals surface area contributed by atoms with Gasteiger partial charge in [0, 0.05) is 47.3 Å². The van der Waals surface area contributed by atoms with Crippen molar-refractivity contribution in [2.24, 2.45) is 0 Å². The van der Waals surface area contributed by atoms with E-state index < -0.39 is 0 Å². The van der Waals surface area contributed by atoms with Gasteiger partial charge in [-0.2, -0.15) is 0 Å². The molecule has 0 spiro atoms. The molecular weight excluding hydrogens is 494 g/mol. The van der Waals surface area contributed by atoms with Crippen molar-refractivity contribution in [3.63, 3.8) is 0 Å². The molecule has 9 heteroatoms. The van der Waals surface area contributed by atoms with Crippen LogP contribution < -0.4 is 15.5 Å². The molecule has 1 aliphatic heterocycles. The highest BCUT2D eigenvalue weighted by Gasteiger charge is 2.42. The van der Waals surface area contributed by atoms with Gasteiger partial charge in [-0.3, -0.25) is 9.78 Å². The van der Waals surface area contributed by atoms with Gasteiger partial charge in [-0.15, -0.1) is 0 Å². The number of pyridine rings is 1. The fraction of sp³-hybridized carbons (Fsp3) is 0.148. The van der Waals surface area contributed by atoms with Crippen molar-refractivity contribution >= 4 is 46.2 Å². The van der Waals surface area contributed by atoms with Gasteiger partial charge < -0.3 is 24.8 Å². The summed E-state index contributed by atoms with van der Waals surface area (Å²) in [4.78, 5) is 18.6. The highest BCUT2D eigenvalue weighted by atomic mass is 35.5. The van der Waals surface area contributed by atoms with Crippen molar-refractivity contribution in [2.75, 3.05) is 23.9 Å². The summed E-state index contributed by atoms with van der Waals surface area (Å²) in [5, 5.41) is 7.56. The normalized spacial score (nSPS) is 17.2. The van der Waals surface area contributed by atoms with E-state index in [4.69, 9.17) is 28.6 Å². The first kappa shape index (κ1) is 24.0. The van der Waals surface area contributed by atoms with Gasteiger partial charge in [-0.25, -0.2) is 0 Å². The maximum atomic E-state index is 11.9. The molecule has 2 aromatic heterocycles. The van der Waals surface area contributed by atoms with E-state index in [1.165, 1.54) is 7.11 Å². The predicted octanol–water partition coefficient (Wildman–Crippen LogP) is 5.29. The lowest BCUT2D eigenvalue weighted by molar-refractivity contribution is -0.119. The number of methoxy groups -OCH3 is 1. The first-order chi connectivity index (χ1) is 17.5. The van der Waals surface area contributed by atoms with Crippen LogP contribution in [0, 0.1) is 0 Å². The van der Waals surface area contributed by atoms with Crippen LogP contribution in [-0.4, -0.2) is 34.3 Å². The number of amides is 1. The van der Waals surface area contributed by atoms with Gasteiger partial charge in [0.05, 0.1) is 11.7 Å². The van der Waals surface area contributed by atoms with Crippen molar-refractivity contribution in [1.82, 2.24) is 14.9 Å². The molecule has 0 aliphatic carbocycles. The largest absolute Gasteiger partial charge is 0.375 e. The summed E-state index contributed by atoms with van der Waals surface area (Å²) in [6, 6.07) is 24.9. The Morgan fingerprint density at radius 1 is 1.08 bits per heavy atom. The Balaban J connectivity index is 1.56. The van der Waals surface area contributed by atoms with Gasteiger partial charge in [0.2, 0.25) is 5.91 Å². The zero-order valence-corrected chi connectivity index (χ0v) is 21.0. The number of thiocarbonyl (C=S) groups is 1. The highest BCUT2D eigenvalue weighted by molar-refractivity contribution is 7.80. The molecule has 1 fully saturated rings. The molecule has 1 saturated heterocycles. The number of carbonyl (C=O) groups is 1. The monoisotopic (exact) mass is 517 g/mol. The van der Waals surface area contributed by atoms with Crippen molar-refractivity contribution in [2.45, 2.75) is 12.1 Å². The average molecular weight is 518 g/mol. The number of halogens is 1. The third-order valence-corrected chi connectivity index (χ3v) is 6.52. The molecule has 1 amide bonds. The third kappa shape index (κ3) is 4.83. The fourth-order valence-corrected chi connectivity index (χ4v) is 4.99. The van der Waals surface area contributed by atoms with Crippen molar-refractivity contribution in [3.8, 4) is 5.69 Å². The smallest absolute Gasteiger partial charge is 0.250 e. The molecule has 1 aliphatic rings. The average Bonchev–Trinajstić information content (AvgIpc) is 3.49. The molecule has 3 heterocycles. The van der Waals surface area contributed by atoms with E-state index in [1.807, 2.05) is 79.0 Å². The second-order valence-corrected chi connectivity index (χ2v) is 9.13. The first-order valence-corrected chi connectivity index (χ1v) is 12.2. The molecule has 36 heavy (non-hydrogen) atoms. The molecule has 2 N–H and O–H groups in total. The fourth-order valence-electron chi connectivity index (χ4n) is 4.46. The van der Waals surface area contributed by atoms with Crippen LogP contribution in [0.15, 0.2) is 91.3 Å². The van der Waals surface area contributed by atoms with Crippen molar-refractivity contribution in [3.05, 3.63) is 108 Å². The molecule has 182 valence electrons. The van der Waals surface area contributed by atoms with E-state index in [0.717, 1.165) is 22.8 Å². The Labute approximate surface area is 219 Å². The van der Waals surface area contributed by atoms with E-state index in [1.54, 1.807) is 6.20 Å². The maximum absolute atomic E-state index is 11.9. The molecule has 7 nitrogen and oxygen atoms in total. The predicted molar refractivity (Wildman–Crippen MR) is 146 cm³/mol. The Kier molecular flexibility index (Phi) is 6.99. The van der Waals surface area contributed by atoms with Gasteiger partial charge in [-0.1, -0.05) is 23.7 Å². The standard InChI is InChI=1S/C27H24ClN5O2S/c1-35-17-24(34)30-19-10-12-20(13-11-19)33-26(25(31-27(33)36)22-8-2-3-14-29-22)23-9-5-15-32(23)21-7-4-6-18(28)16-21/h2-16,25-26H,17H2,1H3,(H,30,34)(H,31,36)/t25-,26-/m0/s1. The SMILES string of the molecule is COCC(=O)Nc1ccc(N2C(=S)N[C@@H](c3ccccn3)[C@@H]2c2cccn2-c2cccc(Cl)c2)cc1. The number of ether oxygens (including phenoxy) is 1. The summed E-state index contributed by atoms with van der Waals surface area (Å²) >= 11 is 12.2. The number of hydrogen-bond acceptors (Lipinski definition) is 4. The zero-order chi connectivity index (χ0) is 25.1. The zero-order valence-electron chi connectivity index (χ0n) is 19.5.